The molecule has 14 nitrogen and oxygen atoms in total. The van der Waals surface area contributed by atoms with Gasteiger partial charge in [-0.25, -0.2) is 14.8 Å². The summed E-state index contributed by atoms with van der Waals surface area (Å²) in [6.45, 7) is 2.66. The Morgan fingerprint density at radius 1 is 1.05 bits per heavy atom. The van der Waals surface area contributed by atoms with E-state index in [0.29, 0.717) is 48.8 Å². The van der Waals surface area contributed by atoms with Crippen molar-refractivity contribution >= 4 is 29.5 Å². The van der Waals surface area contributed by atoms with E-state index in [9.17, 15) is 14.4 Å². The number of carbonyl (C=O) groups is 3. The number of amides is 4. The molecule has 3 aliphatic rings. The molecule has 0 radical (unpaired) electrons. The van der Waals surface area contributed by atoms with E-state index in [1.807, 2.05) is 4.90 Å². The lowest BCUT2D eigenvalue weighted by Gasteiger charge is -2.36. The number of anilines is 1. The van der Waals surface area contributed by atoms with Crippen molar-refractivity contribution in [3.63, 3.8) is 0 Å². The number of fused-ring (bicyclic) bond motifs is 1. The molecule has 0 spiro atoms. The van der Waals surface area contributed by atoms with Gasteiger partial charge in [-0.2, -0.15) is 0 Å². The average molecular weight is 596 g/mol. The van der Waals surface area contributed by atoms with Crippen LogP contribution in [0.15, 0.2) is 49.1 Å². The average Bonchev–Trinajstić information content (AvgIpc) is 3.52. The Morgan fingerprint density at radius 3 is 2.55 bits per heavy atom. The minimum absolute atomic E-state index is 0.182. The van der Waals surface area contributed by atoms with Crippen molar-refractivity contribution in [3.8, 4) is 23.3 Å². The van der Waals surface area contributed by atoms with E-state index < -0.39 is 17.5 Å². The second-order valence-corrected chi connectivity index (χ2v) is 10.4. The second kappa shape index (κ2) is 11.5. The molecule has 44 heavy (non-hydrogen) atoms. The van der Waals surface area contributed by atoms with E-state index in [0.717, 1.165) is 11.4 Å². The van der Waals surface area contributed by atoms with Crippen LogP contribution in [-0.2, 0) is 11.3 Å². The molecule has 5 heterocycles. The summed E-state index contributed by atoms with van der Waals surface area (Å²) >= 11 is 0. The highest BCUT2D eigenvalue weighted by Crippen LogP contribution is 2.29. The third-order valence-electron chi connectivity index (χ3n) is 7.78. The van der Waals surface area contributed by atoms with Gasteiger partial charge in [0, 0.05) is 62.4 Å². The van der Waals surface area contributed by atoms with Gasteiger partial charge in [0.1, 0.15) is 17.4 Å². The zero-order valence-corrected chi connectivity index (χ0v) is 24.1. The first-order chi connectivity index (χ1) is 21.3. The highest BCUT2D eigenvalue weighted by molar-refractivity contribution is 6.10. The Kier molecular flexibility index (Phi) is 7.44. The minimum Gasteiger partial charge on any atom is -0.497 e. The van der Waals surface area contributed by atoms with Gasteiger partial charge in [0.05, 0.1) is 27.0 Å². The lowest BCUT2D eigenvalue weighted by Crippen LogP contribution is -2.54. The first-order valence-electron chi connectivity index (χ1n) is 13.8. The SMILES string of the molecule is COc1ccc2c(c1)C(=O)N(C[C@@]1(C#Cc3ncc(C(=N)N4CCN(c5cnccn5)CC4)cc3OC)NC(=O)NC1=O)C2. The van der Waals surface area contributed by atoms with Gasteiger partial charge >= 0.3 is 6.03 Å². The fourth-order valence-corrected chi connectivity index (χ4v) is 5.40. The van der Waals surface area contributed by atoms with E-state index in [1.165, 1.54) is 25.3 Å². The van der Waals surface area contributed by atoms with Gasteiger partial charge in [0.2, 0.25) is 5.54 Å². The molecule has 14 heteroatoms. The number of piperazine rings is 1. The molecule has 1 aromatic carbocycles. The van der Waals surface area contributed by atoms with Crippen molar-refractivity contribution in [2.75, 3.05) is 51.8 Å². The van der Waals surface area contributed by atoms with Crippen LogP contribution in [0.3, 0.4) is 0 Å². The van der Waals surface area contributed by atoms with E-state index in [1.54, 1.807) is 42.9 Å². The number of methoxy groups -OCH3 is 2. The summed E-state index contributed by atoms with van der Waals surface area (Å²) in [5, 5.41) is 13.6. The summed E-state index contributed by atoms with van der Waals surface area (Å²) in [6, 6.07) is 6.16. The zero-order valence-electron chi connectivity index (χ0n) is 24.1. The maximum Gasteiger partial charge on any atom is 0.323 e. The Balaban J connectivity index is 1.20. The summed E-state index contributed by atoms with van der Waals surface area (Å²) in [7, 11) is 2.98. The third-order valence-corrected chi connectivity index (χ3v) is 7.78. The van der Waals surface area contributed by atoms with Crippen molar-refractivity contribution in [2.45, 2.75) is 12.1 Å². The number of ether oxygens (including phenoxy) is 2. The van der Waals surface area contributed by atoms with E-state index in [2.05, 4.69) is 42.3 Å². The molecule has 0 unspecified atom stereocenters. The van der Waals surface area contributed by atoms with Gasteiger partial charge in [0.25, 0.3) is 11.8 Å². The monoisotopic (exact) mass is 595 g/mol. The van der Waals surface area contributed by atoms with Gasteiger partial charge in [-0.05, 0) is 29.7 Å². The lowest BCUT2D eigenvalue weighted by molar-refractivity contribution is -0.122. The fraction of sp³-hybridized carbons (Fsp3) is 0.300. The largest absolute Gasteiger partial charge is 0.497 e. The maximum absolute atomic E-state index is 13.2. The molecule has 6 rings (SSSR count). The molecule has 2 fully saturated rings. The summed E-state index contributed by atoms with van der Waals surface area (Å²) < 4.78 is 10.8. The van der Waals surface area contributed by atoms with Crippen LogP contribution < -0.4 is 25.0 Å². The molecule has 2 saturated heterocycles. The fourth-order valence-electron chi connectivity index (χ4n) is 5.40. The number of hydrogen-bond acceptors (Lipinski definition) is 10. The zero-order chi connectivity index (χ0) is 30.8. The first kappa shape index (κ1) is 28.4. The van der Waals surface area contributed by atoms with Gasteiger partial charge in [-0.1, -0.05) is 12.0 Å². The van der Waals surface area contributed by atoms with Gasteiger partial charge in [-0.15, -0.1) is 0 Å². The van der Waals surface area contributed by atoms with Crippen LogP contribution in [0.25, 0.3) is 0 Å². The standard InChI is InChI=1S/C30H29N9O5/c1-43-21-4-3-19-17-39(27(40)22(19)14-21)18-30(28(41)35-29(42)36-30)6-5-23-24(44-2)13-20(15-34-23)26(31)38-11-9-37(10-12-38)25-16-32-7-8-33-25/h3-4,7-8,13-16,31H,9-12,17-18H2,1-2H3,(H2,35,36,41,42)/t30-/m1/s1. The van der Waals surface area contributed by atoms with Crippen LogP contribution in [0.4, 0.5) is 10.6 Å². The summed E-state index contributed by atoms with van der Waals surface area (Å²) in [6.07, 6.45) is 6.54. The normalized spacial score (nSPS) is 19.1. The van der Waals surface area contributed by atoms with Crippen LogP contribution in [0, 0.1) is 17.3 Å². The van der Waals surface area contributed by atoms with Gasteiger partial charge in [-0.3, -0.25) is 25.3 Å². The second-order valence-electron chi connectivity index (χ2n) is 10.4. The number of carbonyl (C=O) groups excluding carboxylic acids is 3. The highest BCUT2D eigenvalue weighted by atomic mass is 16.5. The van der Waals surface area contributed by atoms with E-state index in [4.69, 9.17) is 14.9 Å². The maximum atomic E-state index is 13.2. The topological polar surface area (TPSA) is 166 Å². The van der Waals surface area contributed by atoms with Crippen molar-refractivity contribution < 1.29 is 23.9 Å². The number of nitrogens with zero attached hydrogens (tertiary/aromatic N) is 6. The van der Waals surface area contributed by atoms with Crippen LogP contribution in [0.1, 0.15) is 27.2 Å². The Morgan fingerprint density at radius 2 is 1.86 bits per heavy atom. The molecule has 0 saturated carbocycles. The minimum atomic E-state index is -1.71. The molecule has 0 aliphatic carbocycles. The molecule has 4 amide bonds. The Labute approximate surface area is 252 Å². The molecular weight excluding hydrogens is 566 g/mol. The van der Waals surface area contributed by atoms with Crippen molar-refractivity contribution in [1.82, 2.24) is 35.4 Å². The predicted molar refractivity (Wildman–Crippen MR) is 157 cm³/mol. The number of rotatable bonds is 6. The number of hydrogen-bond donors (Lipinski definition) is 3. The molecule has 224 valence electrons. The van der Waals surface area contributed by atoms with Crippen molar-refractivity contribution in [1.29, 1.82) is 5.41 Å². The van der Waals surface area contributed by atoms with Gasteiger partial charge < -0.3 is 29.5 Å². The molecule has 3 N–H and O–H groups in total. The number of amidine groups is 1. The molecular formula is C30H29N9O5. The van der Waals surface area contributed by atoms with Crippen LogP contribution >= 0.6 is 0 Å². The third kappa shape index (κ3) is 5.31. The Bertz CT molecular complexity index is 1710. The van der Waals surface area contributed by atoms with Crippen molar-refractivity contribution in [3.05, 3.63) is 71.4 Å². The number of imide groups is 1. The number of nitrogens with one attached hydrogen (secondary N) is 3. The summed E-state index contributed by atoms with van der Waals surface area (Å²) in [5.74, 6) is 6.69. The lowest BCUT2D eigenvalue weighted by atomic mass is 9.99. The molecule has 0 bridgehead atoms. The Hall–Kier alpha value is -5.71. The number of urea groups is 1. The molecule has 1 atom stereocenters. The number of pyridine rings is 1. The van der Waals surface area contributed by atoms with Crippen LogP contribution in [0.2, 0.25) is 0 Å². The number of benzene rings is 1. The summed E-state index contributed by atoms with van der Waals surface area (Å²) in [5.41, 5.74) is 0.289. The first-order valence-corrected chi connectivity index (χ1v) is 13.8. The molecule has 3 aliphatic heterocycles. The smallest absolute Gasteiger partial charge is 0.323 e. The van der Waals surface area contributed by atoms with E-state index >= 15 is 0 Å². The van der Waals surface area contributed by atoms with Gasteiger partial charge in [0.15, 0.2) is 11.4 Å². The number of aromatic nitrogens is 3. The van der Waals surface area contributed by atoms with E-state index in [-0.39, 0.29) is 30.5 Å². The molecule has 3 aromatic rings. The van der Waals surface area contributed by atoms with Crippen LogP contribution in [0.5, 0.6) is 11.5 Å². The van der Waals surface area contributed by atoms with Crippen LogP contribution in [-0.4, -0.2) is 101 Å². The quantitative estimate of drug-likeness (QED) is 0.159. The predicted octanol–water partition coefficient (Wildman–Crippen LogP) is 0.622. The van der Waals surface area contributed by atoms with Crippen molar-refractivity contribution in [2.24, 2.45) is 0 Å². The summed E-state index contributed by atoms with van der Waals surface area (Å²) in [4.78, 5) is 56.9. The molecule has 2 aromatic heterocycles. The highest BCUT2D eigenvalue weighted by Gasteiger charge is 2.48.